The Kier molecular flexibility index (Phi) is 4.44. The number of carbonyl (C=O) groups excluding carboxylic acids is 1. The Morgan fingerprint density at radius 3 is 2.77 bits per heavy atom. The summed E-state index contributed by atoms with van der Waals surface area (Å²) in [6.45, 7) is 4.34. The number of hydrogen-bond donors (Lipinski definition) is 2. The largest absolute Gasteiger partial charge is 0.454 e. The molecular weight excluding hydrogens is 354 g/mol. The fraction of sp³-hybridized carbons (Fsp3) is 0.444. The van der Waals surface area contributed by atoms with Gasteiger partial charge in [-0.25, -0.2) is 0 Å². The highest BCUT2D eigenvalue weighted by Gasteiger charge is 2.32. The van der Waals surface area contributed by atoms with Crippen LogP contribution in [-0.2, 0) is 4.79 Å². The van der Waals surface area contributed by atoms with Gasteiger partial charge in [-0.15, -0.1) is 11.8 Å². The van der Waals surface area contributed by atoms with Gasteiger partial charge in [0, 0.05) is 0 Å². The van der Waals surface area contributed by atoms with E-state index in [0.29, 0.717) is 22.9 Å². The molecule has 2 aliphatic heterocycles. The molecule has 1 atom stereocenters. The molecule has 0 bridgehead atoms. The quantitative estimate of drug-likeness (QED) is 0.858. The summed E-state index contributed by atoms with van der Waals surface area (Å²) in [6, 6.07) is 5.81. The molecule has 1 aromatic carbocycles. The number of rotatable bonds is 4. The third-order valence-corrected chi connectivity index (χ3v) is 6.14. The molecule has 0 fully saturated rings. The van der Waals surface area contributed by atoms with Crippen molar-refractivity contribution < 1.29 is 14.3 Å². The molecule has 26 heavy (non-hydrogen) atoms. The van der Waals surface area contributed by atoms with Crippen molar-refractivity contribution in [2.24, 2.45) is 0 Å². The van der Waals surface area contributed by atoms with E-state index in [4.69, 9.17) is 9.47 Å². The number of nitrogens with one attached hydrogen (secondary N) is 2. The molecule has 7 nitrogen and oxygen atoms in total. The van der Waals surface area contributed by atoms with Crippen molar-refractivity contribution in [3.63, 3.8) is 0 Å². The van der Waals surface area contributed by atoms with E-state index >= 15 is 0 Å². The number of nitrogens with zero attached hydrogens (tertiary/aromatic N) is 1. The highest BCUT2D eigenvalue weighted by molar-refractivity contribution is 8.00. The Morgan fingerprint density at radius 1 is 1.23 bits per heavy atom. The Balaban J connectivity index is 1.84. The number of H-pyrrole nitrogens is 1. The van der Waals surface area contributed by atoms with Crippen molar-refractivity contribution in [1.82, 2.24) is 9.78 Å². The average molecular weight is 375 g/mol. The number of thioether (sulfide) groups is 1. The highest BCUT2D eigenvalue weighted by atomic mass is 32.2. The number of ether oxygens (including phenoxy) is 2. The van der Waals surface area contributed by atoms with Crippen LogP contribution in [0.4, 0.5) is 5.82 Å². The molecule has 3 heterocycles. The zero-order valence-corrected chi connectivity index (χ0v) is 15.5. The molecule has 4 rings (SSSR count). The maximum absolute atomic E-state index is 12.8. The van der Waals surface area contributed by atoms with Crippen LogP contribution < -0.4 is 20.3 Å². The first kappa shape index (κ1) is 17.1. The summed E-state index contributed by atoms with van der Waals surface area (Å²) in [6.07, 6.45) is 1.73. The van der Waals surface area contributed by atoms with E-state index in [9.17, 15) is 9.59 Å². The van der Waals surface area contributed by atoms with Crippen molar-refractivity contribution >= 4 is 23.5 Å². The second-order valence-electron chi connectivity index (χ2n) is 6.40. The summed E-state index contributed by atoms with van der Waals surface area (Å²) in [5.41, 5.74) is 1.35. The molecule has 0 saturated carbocycles. The number of aromatic amines is 1. The fourth-order valence-electron chi connectivity index (χ4n) is 3.51. The topological polar surface area (TPSA) is 85.4 Å². The minimum Gasteiger partial charge on any atom is -0.454 e. The summed E-state index contributed by atoms with van der Waals surface area (Å²) >= 11 is 1.45. The zero-order chi connectivity index (χ0) is 18.3. The molecule has 0 spiro atoms. The fourth-order valence-corrected chi connectivity index (χ4v) is 4.63. The molecule has 0 saturated heterocycles. The number of benzene rings is 1. The smallest absolute Gasteiger partial charge is 0.270 e. The van der Waals surface area contributed by atoms with Crippen LogP contribution in [0.1, 0.15) is 49.1 Å². The summed E-state index contributed by atoms with van der Waals surface area (Å²) < 4.78 is 12.7. The molecule has 0 unspecified atom stereocenters. The molecule has 1 aromatic heterocycles. The van der Waals surface area contributed by atoms with E-state index in [2.05, 4.69) is 24.3 Å². The van der Waals surface area contributed by atoms with Crippen molar-refractivity contribution in [1.29, 1.82) is 0 Å². The van der Waals surface area contributed by atoms with E-state index in [-0.39, 0.29) is 35.3 Å². The lowest BCUT2D eigenvalue weighted by Crippen LogP contribution is -2.19. The van der Waals surface area contributed by atoms with Gasteiger partial charge in [0.15, 0.2) is 11.5 Å². The van der Waals surface area contributed by atoms with E-state index in [1.54, 1.807) is 0 Å². The average Bonchev–Trinajstić information content (AvgIpc) is 3.17. The summed E-state index contributed by atoms with van der Waals surface area (Å²) in [7, 11) is 0. The molecule has 2 aromatic rings. The lowest BCUT2D eigenvalue weighted by molar-refractivity contribution is -0.113. The zero-order valence-electron chi connectivity index (χ0n) is 14.7. The van der Waals surface area contributed by atoms with Crippen LogP contribution in [0.25, 0.3) is 0 Å². The van der Waals surface area contributed by atoms with Gasteiger partial charge in [0.2, 0.25) is 12.7 Å². The van der Waals surface area contributed by atoms with Gasteiger partial charge in [-0.05, 0) is 30.5 Å². The standard InChI is InChI=1S/C18H21N3O4S/c1-3-11(4-2)21-17-15(18(23)20-21)16(26-8-14(22)19-17)10-5-6-12-13(7-10)25-9-24-12/h5-7,11,16H,3-4,8-9H2,1-2H3,(H,19,22)(H,20,23)/t16-/m0/s1. The third-order valence-electron chi connectivity index (χ3n) is 4.87. The molecule has 2 N–H and O–H groups in total. The van der Waals surface area contributed by atoms with Gasteiger partial charge >= 0.3 is 0 Å². The van der Waals surface area contributed by atoms with Crippen LogP contribution in [0.3, 0.4) is 0 Å². The van der Waals surface area contributed by atoms with E-state index in [1.165, 1.54) is 11.8 Å². The first-order valence-electron chi connectivity index (χ1n) is 8.77. The maximum atomic E-state index is 12.8. The second-order valence-corrected chi connectivity index (χ2v) is 7.49. The first-order valence-corrected chi connectivity index (χ1v) is 9.82. The lowest BCUT2D eigenvalue weighted by Gasteiger charge is -2.18. The van der Waals surface area contributed by atoms with Gasteiger partial charge < -0.3 is 14.8 Å². The summed E-state index contributed by atoms with van der Waals surface area (Å²) in [5.74, 6) is 2.14. The van der Waals surface area contributed by atoms with Crippen molar-refractivity contribution in [3.05, 3.63) is 39.7 Å². The molecule has 2 aliphatic rings. The van der Waals surface area contributed by atoms with Gasteiger partial charge in [0.1, 0.15) is 5.82 Å². The number of fused-ring (bicyclic) bond motifs is 2. The van der Waals surface area contributed by atoms with E-state index < -0.39 is 0 Å². The van der Waals surface area contributed by atoms with Crippen molar-refractivity contribution in [2.45, 2.75) is 38.0 Å². The van der Waals surface area contributed by atoms with Crippen LogP contribution in [0.15, 0.2) is 23.0 Å². The van der Waals surface area contributed by atoms with E-state index in [1.807, 2.05) is 22.9 Å². The number of amides is 1. The second kappa shape index (κ2) is 6.75. The van der Waals surface area contributed by atoms with Gasteiger partial charge in [-0.2, -0.15) is 0 Å². The molecule has 0 radical (unpaired) electrons. The third kappa shape index (κ3) is 2.78. The number of anilines is 1. The van der Waals surface area contributed by atoms with Crippen LogP contribution in [-0.4, -0.2) is 28.2 Å². The lowest BCUT2D eigenvalue weighted by atomic mass is 10.1. The minimum absolute atomic E-state index is 0.0989. The predicted molar refractivity (Wildman–Crippen MR) is 100 cm³/mol. The molecule has 1 amide bonds. The summed E-state index contributed by atoms with van der Waals surface area (Å²) in [5, 5.41) is 5.61. The van der Waals surface area contributed by atoms with Crippen LogP contribution in [0.5, 0.6) is 11.5 Å². The van der Waals surface area contributed by atoms with Gasteiger partial charge in [-0.1, -0.05) is 19.9 Å². The van der Waals surface area contributed by atoms with Gasteiger partial charge in [-0.3, -0.25) is 19.4 Å². The van der Waals surface area contributed by atoms with E-state index in [0.717, 1.165) is 18.4 Å². The Hall–Kier alpha value is -2.35. The molecule has 0 aliphatic carbocycles. The van der Waals surface area contributed by atoms with Crippen LogP contribution >= 0.6 is 11.8 Å². The van der Waals surface area contributed by atoms with Gasteiger partial charge in [0.25, 0.3) is 5.56 Å². The molecule has 138 valence electrons. The highest BCUT2D eigenvalue weighted by Crippen LogP contribution is 2.43. The number of aromatic nitrogens is 2. The maximum Gasteiger partial charge on any atom is 0.270 e. The van der Waals surface area contributed by atoms with Crippen LogP contribution in [0.2, 0.25) is 0 Å². The Labute approximate surface area is 155 Å². The Bertz CT molecular complexity index is 900. The Morgan fingerprint density at radius 2 is 2.00 bits per heavy atom. The summed E-state index contributed by atoms with van der Waals surface area (Å²) in [4.78, 5) is 25.1. The molecule has 8 heteroatoms. The predicted octanol–water partition coefficient (Wildman–Crippen LogP) is 3.04. The number of carbonyl (C=O) groups is 1. The van der Waals surface area contributed by atoms with Gasteiger partial charge in [0.05, 0.1) is 22.6 Å². The SMILES string of the molecule is CCC(CC)n1[nH]c(=O)c2c1NC(=O)CS[C@H]2c1ccc2c(c1)OCO2. The number of hydrogen-bond acceptors (Lipinski definition) is 5. The first-order chi connectivity index (χ1) is 12.6. The van der Waals surface area contributed by atoms with Crippen molar-refractivity contribution in [3.8, 4) is 11.5 Å². The normalized spacial score (nSPS) is 18.6. The monoisotopic (exact) mass is 375 g/mol. The van der Waals surface area contributed by atoms with Crippen molar-refractivity contribution in [2.75, 3.05) is 17.9 Å². The minimum atomic E-state index is -0.252. The van der Waals surface area contributed by atoms with Crippen LogP contribution in [0, 0.1) is 0 Å². The molecular formula is C18H21N3O4S.